The van der Waals surface area contributed by atoms with Gasteiger partial charge >= 0.3 is 0 Å². The van der Waals surface area contributed by atoms with Crippen LogP contribution in [-0.4, -0.2) is 53.1 Å². The Morgan fingerprint density at radius 2 is 2.13 bits per heavy atom. The summed E-state index contributed by atoms with van der Waals surface area (Å²) in [6.45, 7) is 4.08. The van der Waals surface area contributed by atoms with Crippen molar-refractivity contribution in [3.63, 3.8) is 0 Å². The van der Waals surface area contributed by atoms with Crippen molar-refractivity contribution in [1.29, 1.82) is 0 Å². The standard InChI is InChI=1S/C21H22FN7O/c1-12(14-7-13-3-2-4-16(26-13)20(14)22)21-25-10-17(27-28-21)15-9-24-19(8-18(15)30)29-6-5-23-11-29/h5-6,8-11,13-14,16,20,26H,1-4,7H2,(H,24,30)/t13-,14+,16+,20+/m1/s1. The highest BCUT2D eigenvalue weighted by Crippen LogP contribution is 2.38. The molecule has 5 heterocycles. The molecule has 8 nitrogen and oxygen atoms in total. The van der Waals surface area contributed by atoms with E-state index < -0.39 is 6.17 Å². The molecule has 0 aromatic carbocycles. The number of aromatic hydroxyl groups is 1. The fourth-order valence-electron chi connectivity index (χ4n) is 4.42. The number of rotatable bonds is 4. The van der Waals surface area contributed by atoms with Gasteiger partial charge in [-0.05, 0) is 24.8 Å². The summed E-state index contributed by atoms with van der Waals surface area (Å²) in [5.74, 6) is 0.573. The highest BCUT2D eigenvalue weighted by atomic mass is 19.1. The van der Waals surface area contributed by atoms with Crippen molar-refractivity contribution >= 4 is 5.57 Å². The minimum atomic E-state index is -0.999. The number of alkyl halides is 1. The van der Waals surface area contributed by atoms with Gasteiger partial charge in [-0.1, -0.05) is 13.0 Å². The number of aromatic nitrogens is 6. The number of halogens is 1. The van der Waals surface area contributed by atoms with E-state index in [1.54, 1.807) is 23.3 Å². The maximum absolute atomic E-state index is 15.0. The number of allylic oxidation sites excluding steroid dienone is 1. The summed E-state index contributed by atoms with van der Waals surface area (Å²) >= 11 is 0. The van der Waals surface area contributed by atoms with E-state index in [0.717, 1.165) is 19.3 Å². The number of hydrogen-bond acceptors (Lipinski definition) is 7. The first-order chi connectivity index (χ1) is 14.6. The highest BCUT2D eigenvalue weighted by molar-refractivity contribution is 5.67. The largest absolute Gasteiger partial charge is 0.507 e. The maximum atomic E-state index is 15.0. The minimum absolute atomic E-state index is 0.00591. The van der Waals surface area contributed by atoms with Crippen LogP contribution in [0.15, 0.2) is 43.8 Å². The molecule has 3 aromatic heterocycles. The summed E-state index contributed by atoms with van der Waals surface area (Å²) < 4.78 is 16.6. The van der Waals surface area contributed by atoms with E-state index in [9.17, 15) is 9.50 Å². The van der Waals surface area contributed by atoms with Crippen LogP contribution in [0.1, 0.15) is 31.5 Å². The van der Waals surface area contributed by atoms with E-state index in [-0.39, 0.29) is 17.7 Å². The van der Waals surface area contributed by atoms with Crippen molar-refractivity contribution < 1.29 is 9.50 Å². The van der Waals surface area contributed by atoms with E-state index in [2.05, 4.69) is 37.0 Å². The minimum Gasteiger partial charge on any atom is -0.507 e. The van der Waals surface area contributed by atoms with E-state index in [1.165, 1.54) is 18.5 Å². The van der Waals surface area contributed by atoms with Crippen LogP contribution in [0.2, 0.25) is 0 Å². The Hall–Kier alpha value is -3.20. The van der Waals surface area contributed by atoms with E-state index >= 15 is 0 Å². The Balaban J connectivity index is 1.36. The molecule has 5 rings (SSSR count). The van der Waals surface area contributed by atoms with Gasteiger partial charge in [0.2, 0.25) is 0 Å². The Bertz CT molecular complexity index is 1050. The van der Waals surface area contributed by atoms with Crippen LogP contribution in [0.4, 0.5) is 4.39 Å². The van der Waals surface area contributed by atoms with Gasteiger partial charge in [-0.2, -0.15) is 0 Å². The monoisotopic (exact) mass is 407 g/mol. The van der Waals surface area contributed by atoms with Crippen molar-refractivity contribution in [3.8, 4) is 22.8 Å². The summed E-state index contributed by atoms with van der Waals surface area (Å²) in [5.41, 5.74) is 1.38. The average molecular weight is 407 g/mol. The summed E-state index contributed by atoms with van der Waals surface area (Å²) in [6, 6.07) is 1.72. The third-order valence-electron chi connectivity index (χ3n) is 6.03. The van der Waals surface area contributed by atoms with E-state index in [1.807, 2.05) is 0 Å². The molecule has 0 saturated carbocycles. The zero-order valence-electron chi connectivity index (χ0n) is 16.3. The normalized spacial score (nSPS) is 25.8. The molecule has 2 fully saturated rings. The van der Waals surface area contributed by atoms with Gasteiger partial charge in [-0.3, -0.25) is 4.57 Å². The third kappa shape index (κ3) is 3.35. The maximum Gasteiger partial charge on any atom is 0.177 e. The Labute approximate surface area is 172 Å². The molecular weight excluding hydrogens is 385 g/mol. The van der Waals surface area contributed by atoms with Crippen LogP contribution in [0, 0.1) is 5.92 Å². The molecule has 2 aliphatic heterocycles. The number of pyridine rings is 1. The molecule has 0 unspecified atom stereocenters. The van der Waals surface area contributed by atoms with Gasteiger partial charge in [0.05, 0.1) is 11.8 Å². The lowest BCUT2D eigenvalue weighted by atomic mass is 9.76. The van der Waals surface area contributed by atoms with E-state index in [4.69, 9.17) is 0 Å². The molecule has 0 spiro atoms. The smallest absolute Gasteiger partial charge is 0.177 e. The second-order valence-corrected chi connectivity index (χ2v) is 7.91. The lowest BCUT2D eigenvalue weighted by Crippen LogP contribution is -2.55. The predicted octanol–water partition coefficient (Wildman–Crippen LogP) is 2.71. The summed E-state index contributed by atoms with van der Waals surface area (Å²) in [6.07, 6.45) is 10.6. The molecule has 30 heavy (non-hydrogen) atoms. The van der Waals surface area contributed by atoms with Crippen LogP contribution in [0.25, 0.3) is 22.6 Å². The quantitative estimate of drug-likeness (QED) is 0.686. The summed E-state index contributed by atoms with van der Waals surface area (Å²) in [4.78, 5) is 12.7. The van der Waals surface area contributed by atoms with Crippen molar-refractivity contribution in [2.45, 2.75) is 43.9 Å². The van der Waals surface area contributed by atoms with Crippen LogP contribution in [0.5, 0.6) is 5.75 Å². The molecule has 154 valence electrons. The average Bonchev–Trinajstić information content (AvgIpc) is 3.31. The third-order valence-corrected chi connectivity index (χ3v) is 6.03. The number of hydrogen-bond donors (Lipinski definition) is 2. The van der Waals surface area contributed by atoms with Crippen LogP contribution < -0.4 is 5.32 Å². The second kappa shape index (κ2) is 7.56. The summed E-state index contributed by atoms with van der Waals surface area (Å²) in [5, 5.41) is 22.1. The fraction of sp³-hybridized carbons (Fsp3) is 0.381. The topological polar surface area (TPSA) is 102 Å². The molecular formula is C21H22FN7O. The first-order valence-electron chi connectivity index (χ1n) is 10.1. The number of piperidine rings is 2. The van der Waals surface area contributed by atoms with Crippen molar-refractivity contribution in [3.05, 3.63) is 49.6 Å². The lowest BCUT2D eigenvalue weighted by molar-refractivity contribution is 0.0980. The molecule has 0 amide bonds. The van der Waals surface area contributed by atoms with Crippen LogP contribution >= 0.6 is 0 Å². The highest BCUT2D eigenvalue weighted by Gasteiger charge is 2.41. The molecule has 4 atom stereocenters. The molecule has 2 N–H and O–H groups in total. The Morgan fingerprint density at radius 3 is 2.87 bits per heavy atom. The van der Waals surface area contributed by atoms with Crippen molar-refractivity contribution in [2.75, 3.05) is 0 Å². The van der Waals surface area contributed by atoms with Gasteiger partial charge in [0.1, 0.15) is 29.8 Å². The number of imidazole rings is 1. The molecule has 2 aliphatic rings. The Morgan fingerprint density at radius 1 is 1.23 bits per heavy atom. The molecule has 0 radical (unpaired) electrons. The molecule has 9 heteroatoms. The molecule has 0 aliphatic carbocycles. The zero-order valence-corrected chi connectivity index (χ0v) is 16.3. The number of nitrogens with zero attached hydrogens (tertiary/aromatic N) is 6. The number of fused-ring (bicyclic) bond motifs is 2. The number of nitrogens with one attached hydrogen (secondary N) is 1. The lowest BCUT2D eigenvalue weighted by Gasteiger charge is -2.43. The molecule has 2 bridgehead atoms. The first-order valence-corrected chi connectivity index (χ1v) is 10.1. The van der Waals surface area contributed by atoms with E-state index in [0.29, 0.717) is 40.9 Å². The van der Waals surface area contributed by atoms with Gasteiger partial charge in [-0.25, -0.2) is 19.3 Å². The SMILES string of the molecule is C=C(c1ncc(-c2cnc(-n3ccnc3)cc2O)nn1)[C@@H]1C[C@H]2CCC[C@H](N2)[C@H]1F. The molecule has 3 aromatic rings. The van der Waals surface area contributed by atoms with Gasteiger partial charge < -0.3 is 10.4 Å². The van der Waals surface area contributed by atoms with Gasteiger partial charge in [0.25, 0.3) is 0 Å². The van der Waals surface area contributed by atoms with Crippen molar-refractivity contribution in [2.24, 2.45) is 5.92 Å². The first kappa shape index (κ1) is 18.8. The molecule has 2 saturated heterocycles. The Kier molecular flexibility index (Phi) is 4.74. The van der Waals surface area contributed by atoms with Crippen LogP contribution in [-0.2, 0) is 0 Å². The fourth-order valence-corrected chi connectivity index (χ4v) is 4.42. The predicted molar refractivity (Wildman–Crippen MR) is 108 cm³/mol. The zero-order chi connectivity index (χ0) is 20.7. The van der Waals surface area contributed by atoms with Gasteiger partial charge in [0.15, 0.2) is 5.82 Å². The summed E-state index contributed by atoms with van der Waals surface area (Å²) in [7, 11) is 0. The van der Waals surface area contributed by atoms with Gasteiger partial charge in [0, 0.05) is 42.7 Å². The van der Waals surface area contributed by atoms with Gasteiger partial charge in [-0.15, -0.1) is 10.2 Å². The second-order valence-electron chi connectivity index (χ2n) is 7.91. The van der Waals surface area contributed by atoms with Crippen LogP contribution in [0.3, 0.4) is 0 Å². The van der Waals surface area contributed by atoms with Crippen molar-refractivity contribution in [1.82, 2.24) is 35.0 Å².